The number of para-hydroxylation sites is 1. The second kappa shape index (κ2) is 9.46. The highest BCUT2D eigenvalue weighted by Crippen LogP contribution is 2.35. The van der Waals surface area contributed by atoms with Crippen LogP contribution in [0.1, 0.15) is 42.1 Å². The maximum atomic E-state index is 12.8. The Bertz CT molecular complexity index is 1440. The number of carbonyl (C=O) groups is 1. The minimum atomic E-state index is -4.27. The van der Waals surface area contributed by atoms with Gasteiger partial charge >= 0.3 is 6.18 Å². The number of amides is 1. The number of pyridine rings is 1. The summed E-state index contributed by atoms with van der Waals surface area (Å²) in [5.41, 5.74) is 3.73. The summed E-state index contributed by atoms with van der Waals surface area (Å²) >= 11 is 0. The average molecular weight is 509 g/mol. The number of anilines is 1. The number of carbonyl (C=O) groups excluding carboxylic acids is 1. The molecule has 1 aliphatic carbocycles. The Morgan fingerprint density at radius 3 is 2.54 bits per heavy atom. The van der Waals surface area contributed by atoms with Gasteiger partial charge in [0.25, 0.3) is 5.91 Å². The molecule has 5 rings (SSSR count). The molecule has 2 aromatic heterocycles. The van der Waals surface area contributed by atoms with Crippen LogP contribution in [0, 0.1) is 6.92 Å². The van der Waals surface area contributed by atoms with Gasteiger partial charge in [0.1, 0.15) is 11.5 Å². The normalized spacial score (nSPS) is 14.4. The van der Waals surface area contributed by atoms with Gasteiger partial charge in [0.15, 0.2) is 5.65 Å². The monoisotopic (exact) mass is 508 g/mol. The molecule has 4 aromatic rings. The third kappa shape index (κ3) is 5.71. The van der Waals surface area contributed by atoms with E-state index in [1.165, 1.54) is 0 Å². The zero-order valence-electron chi connectivity index (χ0n) is 20.5. The standard InChI is InChI=1S/C28H27F3N4O2/c1-18-14-19(8-9-22(18)26(36)34-27(2)10-11-27)24-16-33-25-23(32-13-12-28(29,30)31)15-21(17-35(24)25)37-20-6-4-3-5-7-20/h3-9,14-17,32H,10-13H2,1-2H3,(H,34,36). The summed E-state index contributed by atoms with van der Waals surface area (Å²) in [5.74, 6) is 0.940. The summed E-state index contributed by atoms with van der Waals surface area (Å²) in [5, 5.41) is 5.94. The van der Waals surface area contributed by atoms with Crippen molar-refractivity contribution in [3.63, 3.8) is 0 Å². The number of hydrogen-bond donors (Lipinski definition) is 2. The van der Waals surface area contributed by atoms with Crippen molar-refractivity contribution >= 4 is 17.2 Å². The number of hydrogen-bond acceptors (Lipinski definition) is 4. The highest BCUT2D eigenvalue weighted by Gasteiger charge is 2.39. The quantitative estimate of drug-likeness (QED) is 0.276. The van der Waals surface area contributed by atoms with E-state index in [1.807, 2.05) is 44.2 Å². The molecule has 0 atom stereocenters. The van der Waals surface area contributed by atoms with Gasteiger partial charge in [0, 0.05) is 29.3 Å². The number of nitrogens with zero attached hydrogens (tertiary/aromatic N) is 2. The Morgan fingerprint density at radius 2 is 1.86 bits per heavy atom. The molecule has 37 heavy (non-hydrogen) atoms. The maximum Gasteiger partial charge on any atom is 0.390 e. The summed E-state index contributed by atoms with van der Waals surface area (Å²) in [6.07, 6.45) is 0.122. The Balaban J connectivity index is 1.50. The molecule has 192 valence electrons. The van der Waals surface area contributed by atoms with Crippen LogP contribution in [0.3, 0.4) is 0 Å². The zero-order valence-corrected chi connectivity index (χ0v) is 20.5. The van der Waals surface area contributed by atoms with E-state index >= 15 is 0 Å². The second-order valence-electron chi connectivity index (χ2n) is 9.68. The molecule has 2 aromatic carbocycles. The van der Waals surface area contributed by atoms with Crippen molar-refractivity contribution in [1.29, 1.82) is 0 Å². The van der Waals surface area contributed by atoms with Gasteiger partial charge in [-0.05, 0) is 56.5 Å². The molecular weight excluding hydrogens is 481 g/mol. The molecule has 6 nitrogen and oxygen atoms in total. The topological polar surface area (TPSA) is 67.7 Å². The first-order valence-corrected chi connectivity index (χ1v) is 12.1. The summed E-state index contributed by atoms with van der Waals surface area (Å²) < 4.78 is 46.1. The first-order valence-electron chi connectivity index (χ1n) is 12.1. The molecule has 0 aliphatic heterocycles. The molecule has 1 fully saturated rings. The lowest BCUT2D eigenvalue weighted by atomic mass is 10.0. The lowest BCUT2D eigenvalue weighted by molar-refractivity contribution is -0.131. The molecule has 0 unspecified atom stereocenters. The largest absolute Gasteiger partial charge is 0.456 e. The first kappa shape index (κ1) is 24.7. The SMILES string of the molecule is Cc1cc(-c2cnc3c(NCCC(F)(F)F)cc(Oc4ccccc4)cn23)ccc1C(=O)NC1(C)CC1. The van der Waals surface area contributed by atoms with E-state index in [2.05, 4.69) is 15.6 Å². The summed E-state index contributed by atoms with van der Waals surface area (Å²) in [4.78, 5) is 17.2. The van der Waals surface area contributed by atoms with Crippen LogP contribution in [-0.4, -0.2) is 33.6 Å². The van der Waals surface area contributed by atoms with Crippen molar-refractivity contribution in [2.24, 2.45) is 0 Å². The van der Waals surface area contributed by atoms with Crippen molar-refractivity contribution in [1.82, 2.24) is 14.7 Å². The van der Waals surface area contributed by atoms with E-state index < -0.39 is 12.6 Å². The maximum absolute atomic E-state index is 12.8. The second-order valence-corrected chi connectivity index (χ2v) is 9.68. The van der Waals surface area contributed by atoms with Gasteiger partial charge in [-0.15, -0.1) is 0 Å². The third-order valence-corrected chi connectivity index (χ3v) is 6.47. The van der Waals surface area contributed by atoms with E-state index in [4.69, 9.17) is 4.74 Å². The Morgan fingerprint density at radius 1 is 1.11 bits per heavy atom. The first-order chi connectivity index (χ1) is 17.6. The van der Waals surface area contributed by atoms with E-state index in [-0.39, 0.29) is 18.0 Å². The van der Waals surface area contributed by atoms with E-state index in [0.717, 1.165) is 29.7 Å². The van der Waals surface area contributed by atoms with Crippen LogP contribution in [0.5, 0.6) is 11.5 Å². The van der Waals surface area contributed by atoms with Crippen LogP contribution in [0.4, 0.5) is 18.9 Å². The van der Waals surface area contributed by atoms with Crippen molar-refractivity contribution in [2.75, 3.05) is 11.9 Å². The number of fused-ring (bicyclic) bond motifs is 1. The fourth-order valence-corrected chi connectivity index (χ4v) is 4.16. The predicted octanol–water partition coefficient (Wildman–Crippen LogP) is 6.75. The highest BCUT2D eigenvalue weighted by atomic mass is 19.4. The van der Waals surface area contributed by atoms with Crippen molar-refractivity contribution in [3.05, 3.63) is 78.1 Å². The van der Waals surface area contributed by atoms with Gasteiger partial charge in [-0.3, -0.25) is 9.20 Å². The van der Waals surface area contributed by atoms with Crippen molar-refractivity contribution in [2.45, 2.75) is 44.8 Å². The van der Waals surface area contributed by atoms with Crippen LogP contribution >= 0.6 is 0 Å². The third-order valence-electron chi connectivity index (χ3n) is 6.47. The minimum absolute atomic E-state index is 0.100. The fourth-order valence-electron chi connectivity index (χ4n) is 4.16. The zero-order chi connectivity index (χ0) is 26.2. The number of alkyl halides is 3. The Hall–Kier alpha value is -4.01. The average Bonchev–Trinajstić information content (AvgIpc) is 3.40. The summed E-state index contributed by atoms with van der Waals surface area (Å²) in [6.45, 7) is 3.62. The number of aromatic nitrogens is 2. The molecule has 1 aliphatic rings. The van der Waals surface area contributed by atoms with Crippen LogP contribution in [-0.2, 0) is 0 Å². The highest BCUT2D eigenvalue weighted by molar-refractivity contribution is 5.97. The van der Waals surface area contributed by atoms with E-state index in [0.29, 0.717) is 28.4 Å². The Labute approximate surface area is 212 Å². The molecule has 1 amide bonds. The number of imidazole rings is 1. The molecule has 0 spiro atoms. The molecule has 9 heteroatoms. The summed E-state index contributed by atoms with van der Waals surface area (Å²) in [7, 11) is 0. The minimum Gasteiger partial charge on any atom is -0.456 e. The fraction of sp³-hybridized carbons (Fsp3) is 0.286. The van der Waals surface area contributed by atoms with Gasteiger partial charge < -0.3 is 15.4 Å². The molecule has 0 bridgehead atoms. The molecule has 2 N–H and O–H groups in total. The molecule has 0 radical (unpaired) electrons. The lowest BCUT2D eigenvalue weighted by Gasteiger charge is -2.15. The van der Waals surface area contributed by atoms with E-state index in [1.54, 1.807) is 41.1 Å². The predicted molar refractivity (Wildman–Crippen MR) is 136 cm³/mol. The summed E-state index contributed by atoms with van der Waals surface area (Å²) in [6, 6.07) is 16.3. The number of rotatable bonds is 8. The van der Waals surface area contributed by atoms with Gasteiger partial charge in [0.2, 0.25) is 0 Å². The van der Waals surface area contributed by atoms with Gasteiger partial charge in [-0.2, -0.15) is 13.2 Å². The molecule has 0 saturated heterocycles. The van der Waals surface area contributed by atoms with Gasteiger partial charge in [-0.25, -0.2) is 4.98 Å². The van der Waals surface area contributed by atoms with Crippen LogP contribution in [0.2, 0.25) is 0 Å². The van der Waals surface area contributed by atoms with Gasteiger partial charge in [-0.1, -0.05) is 24.3 Å². The van der Waals surface area contributed by atoms with Crippen LogP contribution in [0.15, 0.2) is 67.0 Å². The van der Waals surface area contributed by atoms with Gasteiger partial charge in [0.05, 0.1) is 30.2 Å². The lowest BCUT2D eigenvalue weighted by Crippen LogP contribution is -2.34. The van der Waals surface area contributed by atoms with E-state index in [9.17, 15) is 18.0 Å². The molecular formula is C28H27F3N4O2. The van der Waals surface area contributed by atoms with Crippen molar-refractivity contribution < 1.29 is 22.7 Å². The van der Waals surface area contributed by atoms with Crippen LogP contribution in [0.25, 0.3) is 16.9 Å². The van der Waals surface area contributed by atoms with Crippen LogP contribution < -0.4 is 15.4 Å². The molecule has 1 saturated carbocycles. The number of nitrogens with one attached hydrogen (secondary N) is 2. The molecule has 2 heterocycles. The smallest absolute Gasteiger partial charge is 0.390 e. The number of benzene rings is 2. The number of halogens is 3. The van der Waals surface area contributed by atoms with Crippen molar-refractivity contribution in [3.8, 4) is 22.8 Å². The Kier molecular flexibility index (Phi) is 6.31. The number of aryl methyl sites for hydroxylation is 1. The number of ether oxygens (including phenoxy) is 1.